The van der Waals surface area contributed by atoms with E-state index in [0.29, 0.717) is 88.8 Å². The molecule has 0 fully saturated rings. The molecule has 10 amide bonds. The summed E-state index contributed by atoms with van der Waals surface area (Å²) in [5, 5.41) is 38.4. The summed E-state index contributed by atoms with van der Waals surface area (Å²) in [6, 6.07) is -0.760. The Morgan fingerprint density at radius 3 is 1.16 bits per heavy atom. The summed E-state index contributed by atoms with van der Waals surface area (Å²) in [7, 11) is 0. The standard InChI is InChI=1S/C95H173N13O15S2/c1-71(2)46-32-25-19-13-10-16-22-28-37-54-85(111)102-84(69-125-68-76(123-87(113)56-39-30-24-18-12-15-21-27-34-48-73(5)6)67-122-86(112)55-38-29-23-17-11-14-20-26-33-47-72(3)4)95(121)108-83(66-109)94(120)105-80(53-42-45-60-98)92(118)104-79(52-41-44-59-97)91(117)103-78(51-40-43-58-96)88(114)99-61-62-100-89(115)82(65-75-49-35-31-36-50-75)107-93(119)81(64-74(7)8)106-90(116)77(101-70-110)57-63-124-9/h31,35-36,49-50,70-74,76-84,109H,10-30,32-34,37-48,51-69,96-98H2,1-9H3,(H,99,114)(H,100,115)(H,101,110)(H,102,111)(H,103,117)(H,104,118)(H,105,120)(H,106,116)(H,107,119)(H,108,121)/t76?,77-,78-,79-,80-,81-,82-,83-,84-/m0/s1. The SMILES string of the molecule is CSCC[C@H](NC=O)C(=O)N[C@@H](CC(C)C)C(=O)N[C@@H](Cc1ccccc1)C(=O)NCCNC(=O)[C@H](CCCCN)NC(=O)[C@H](CCCCN)NC(=O)[C@H](CCCCN)NC(=O)[C@H](CO)NC(=O)[C@H](CSCC(COC(=O)CCCCCCCCCCCC(C)C)OC(=O)CCCCCCCCCCCC(C)C)NC(=O)CCCCCCCCCCCC(C)C. The van der Waals surface area contributed by atoms with Crippen molar-refractivity contribution < 1.29 is 72.1 Å². The van der Waals surface area contributed by atoms with Crippen LogP contribution < -0.4 is 70.4 Å². The molecule has 1 aromatic carbocycles. The Morgan fingerprint density at radius 1 is 0.376 bits per heavy atom. The molecule has 1 rings (SSSR count). The van der Waals surface area contributed by atoms with Crippen molar-refractivity contribution >= 4 is 95.0 Å². The van der Waals surface area contributed by atoms with Gasteiger partial charge in [-0.1, -0.05) is 259 Å². The Labute approximate surface area is 761 Å². The van der Waals surface area contributed by atoms with Gasteiger partial charge in [0.25, 0.3) is 0 Å². The number of aliphatic hydroxyl groups is 1. The van der Waals surface area contributed by atoms with Crippen molar-refractivity contribution in [3.63, 3.8) is 0 Å². The molecule has 28 nitrogen and oxygen atoms in total. The van der Waals surface area contributed by atoms with Gasteiger partial charge >= 0.3 is 11.9 Å². The maximum Gasteiger partial charge on any atom is 0.306 e. The maximum atomic E-state index is 14.7. The Kier molecular flexibility index (Phi) is 72.0. The molecule has 125 heavy (non-hydrogen) atoms. The lowest BCUT2D eigenvalue weighted by molar-refractivity contribution is -0.157. The smallest absolute Gasteiger partial charge is 0.306 e. The van der Waals surface area contributed by atoms with E-state index < -0.39 is 126 Å². The molecule has 0 spiro atoms. The number of hydrogen-bond donors (Lipinski definition) is 14. The van der Waals surface area contributed by atoms with Gasteiger partial charge in [-0.15, -0.1) is 0 Å². The van der Waals surface area contributed by atoms with Crippen LogP contribution in [0.5, 0.6) is 0 Å². The average molecular weight is 1800 g/mol. The van der Waals surface area contributed by atoms with Crippen molar-refractivity contribution in [1.82, 2.24) is 53.2 Å². The first kappa shape index (κ1) is 116. The van der Waals surface area contributed by atoms with E-state index in [1.807, 2.05) is 26.2 Å². The molecule has 0 aliphatic heterocycles. The van der Waals surface area contributed by atoms with Crippen LogP contribution in [0.3, 0.4) is 0 Å². The molecule has 0 radical (unpaired) electrons. The number of benzene rings is 1. The van der Waals surface area contributed by atoms with E-state index in [-0.39, 0.29) is 102 Å². The van der Waals surface area contributed by atoms with Crippen molar-refractivity contribution in [3.8, 4) is 0 Å². The zero-order chi connectivity index (χ0) is 92.5. The van der Waals surface area contributed by atoms with Crippen LogP contribution in [-0.4, -0.2) is 201 Å². The van der Waals surface area contributed by atoms with E-state index in [4.69, 9.17) is 26.7 Å². The fraction of sp³-hybridized carbons (Fsp3) is 0.811. The number of carbonyl (C=O) groups is 12. The van der Waals surface area contributed by atoms with Gasteiger partial charge in [0.15, 0.2) is 0 Å². The largest absolute Gasteiger partial charge is 0.462 e. The number of amides is 10. The average Bonchev–Trinajstić information content (AvgIpc) is 0.866. The second-order valence-electron chi connectivity index (χ2n) is 35.7. The number of rotatable bonds is 83. The third kappa shape index (κ3) is 63.1. The molecule has 720 valence electrons. The van der Waals surface area contributed by atoms with Gasteiger partial charge in [-0.25, -0.2) is 0 Å². The van der Waals surface area contributed by atoms with Gasteiger partial charge in [-0.3, -0.25) is 57.5 Å². The van der Waals surface area contributed by atoms with Crippen LogP contribution in [0.1, 0.15) is 343 Å². The summed E-state index contributed by atoms with van der Waals surface area (Å²) in [6.07, 6.45) is 37.9. The van der Waals surface area contributed by atoms with E-state index >= 15 is 0 Å². The van der Waals surface area contributed by atoms with Gasteiger partial charge in [-0.05, 0) is 151 Å². The molecule has 0 saturated heterocycles. The Hall–Kier alpha value is -6.60. The first-order valence-electron chi connectivity index (χ1n) is 48.3. The lowest BCUT2D eigenvalue weighted by atomic mass is 10.0. The third-order valence-electron chi connectivity index (χ3n) is 22.2. The number of unbranched alkanes of at least 4 members (excludes halogenated alkanes) is 27. The highest BCUT2D eigenvalue weighted by Crippen LogP contribution is 2.21. The van der Waals surface area contributed by atoms with E-state index in [1.165, 1.54) is 120 Å². The minimum Gasteiger partial charge on any atom is -0.462 e. The van der Waals surface area contributed by atoms with Crippen LogP contribution in [-0.2, 0) is 73.4 Å². The van der Waals surface area contributed by atoms with Crippen LogP contribution in [0.2, 0.25) is 0 Å². The van der Waals surface area contributed by atoms with E-state index in [2.05, 4.69) is 94.7 Å². The number of hydrogen-bond acceptors (Lipinski definition) is 20. The summed E-state index contributed by atoms with van der Waals surface area (Å²) in [5.41, 5.74) is 18.5. The maximum absolute atomic E-state index is 14.7. The zero-order valence-corrected chi connectivity index (χ0v) is 80.2. The lowest BCUT2D eigenvalue weighted by Gasteiger charge is -2.27. The summed E-state index contributed by atoms with van der Waals surface area (Å²) in [6.45, 7) is 16.7. The molecule has 17 N–H and O–H groups in total. The minimum absolute atomic E-state index is 0.0157. The van der Waals surface area contributed by atoms with E-state index in [0.717, 1.165) is 94.4 Å². The first-order chi connectivity index (χ1) is 60.2. The van der Waals surface area contributed by atoms with Gasteiger partial charge in [0, 0.05) is 50.3 Å². The van der Waals surface area contributed by atoms with E-state index in [9.17, 15) is 62.6 Å². The molecule has 0 saturated carbocycles. The van der Waals surface area contributed by atoms with Crippen LogP contribution in [0.4, 0.5) is 0 Å². The van der Waals surface area contributed by atoms with Gasteiger partial charge in [0.05, 0.1) is 6.61 Å². The lowest BCUT2D eigenvalue weighted by Crippen LogP contribution is -2.60. The molecular formula is C95H173N13O15S2. The number of carbonyl (C=O) groups excluding carboxylic acids is 12. The molecule has 0 aromatic heterocycles. The number of ether oxygens (including phenoxy) is 2. The molecule has 0 aliphatic rings. The predicted octanol–water partition coefficient (Wildman–Crippen LogP) is 12.2. The van der Waals surface area contributed by atoms with Crippen molar-refractivity contribution in [2.75, 3.05) is 69.5 Å². The van der Waals surface area contributed by atoms with Crippen LogP contribution in [0.25, 0.3) is 0 Å². The zero-order valence-electron chi connectivity index (χ0n) is 78.6. The molecule has 0 bridgehead atoms. The molecule has 1 unspecified atom stereocenters. The van der Waals surface area contributed by atoms with Crippen molar-refractivity contribution in [2.24, 2.45) is 40.9 Å². The highest BCUT2D eigenvalue weighted by Gasteiger charge is 2.35. The predicted molar refractivity (Wildman–Crippen MR) is 506 cm³/mol. The molecular weight excluding hydrogens is 1630 g/mol. The summed E-state index contributed by atoms with van der Waals surface area (Å²) < 4.78 is 11.8. The third-order valence-corrected chi connectivity index (χ3v) is 24.0. The van der Waals surface area contributed by atoms with Gasteiger partial charge in [-0.2, -0.15) is 23.5 Å². The number of esters is 2. The fourth-order valence-corrected chi connectivity index (χ4v) is 16.2. The second kappa shape index (κ2) is 77.4. The molecule has 9 atom stereocenters. The Bertz CT molecular complexity index is 3040. The number of nitrogens with two attached hydrogens (primary N) is 3. The van der Waals surface area contributed by atoms with Crippen LogP contribution >= 0.6 is 23.5 Å². The monoisotopic (exact) mass is 1800 g/mol. The Morgan fingerprint density at radius 2 is 0.736 bits per heavy atom. The summed E-state index contributed by atoms with van der Waals surface area (Å²) in [5.74, 6) is -4.18. The number of thioether (sulfide) groups is 2. The van der Waals surface area contributed by atoms with Crippen molar-refractivity contribution in [3.05, 3.63) is 35.9 Å². The van der Waals surface area contributed by atoms with E-state index in [1.54, 1.807) is 24.3 Å². The summed E-state index contributed by atoms with van der Waals surface area (Å²) in [4.78, 5) is 166. The quantitative estimate of drug-likeness (QED) is 0.0164. The molecule has 0 heterocycles. The van der Waals surface area contributed by atoms with Gasteiger partial charge in [0.2, 0.25) is 59.6 Å². The van der Waals surface area contributed by atoms with Crippen molar-refractivity contribution in [1.29, 1.82) is 0 Å². The van der Waals surface area contributed by atoms with Gasteiger partial charge in [0.1, 0.15) is 61.0 Å². The number of aliphatic hydroxyl groups excluding tert-OH is 1. The normalized spacial score (nSPS) is 13.6. The topological polar surface area (TPSA) is 442 Å². The summed E-state index contributed by atoms with van der Waals surface area (Å²) >= 11 is 2.69. The fourth-order valence-electron chi connectivity index (χ4n) is 14.7. The second-order valence-corrected chi connectivity index (χ2v) is 37.8. The van der Waals surface area contributed by atoms with Crippen LogP contribution in [0, 0.1) is 23.7 Å². The first-order valence-corrected chi connectivity index (χ1v) is 50.8. The minimum atomic E-state index is -1.65. The highest BCUT2D eigenvalue weighted by atomic mass is 32.2. The van der Waals surface area contributed by atoms with Crippen molar-refractivity contribution in [2.45, 2.75) is 399 Å². The Balaban J connectivity index is 3.52. The number of nitrogens with one attached hydrogen (secondary N) is 10. The molecule has 0 aliphatic carbocycles. The van der Waals surface area contributed by atoms with Crippen LogP contribution in [0.15, 0.2) is 30.3 Å². The molecule has 1 aromatic rings. The molecule has 30 heteroatoms. The highest BCUT2D eigenvalue weighted by molar-refractivity contribution is 7.99. The van der Waals surface area contributed by atoms with Gasteiger partial charge < -0.3 is 84.9 Å².